The molecule has 1 aromatic carbocycles. The fourth-order valence-electron chi connectivity index (χ4n) is 2.79. The van der Waals surface area contributed by atoms with Gasteiger partial charge in [-0.15, -0.1) is 0 Å². The summed E-state index contributed by atoms with van der Waals surface area (Å²) in [5.74, 6) is 0.924. The molecule has 0 saturated carbocycles. The molecule has 1 fully saturated rings. The molecule has 0 bridgehead atoms. The first-order chi connectivity index (χ1) is 11.6. The molecule has 1 aliphatic rings. The highest BCUT2D eigenvalue weighted by atomic mass is 79.9. The van der Waals surface area contributed by atoms with E-state index in [1.807, 2.05) is 47.0 Å². The van der Waals surface area contributed by atoms with Crippen LogP contribution in [0.2, 0.25) is 0 Å². The van der Waals surface area contributed by atoms with Crippen LogP contribution in [-0.2, 0) is 11.3 Å². The second-order valence-corrected chi connectivity index (χ2v) is 8.69. The quantitative estimate of drug-likeness (QED) is 0.739. The van der Waals surface area contributed by atoms with Crippen molar-refractivity contribution in [2.45, 2.75) is 51.9 Å². The monoisotopic (exact) mass is 412 g/mol. The average molecular weight is 413 g/mol. The molecule has 0 radical (unpaired) electrons. The van der Waals surface area contributed by atoms with Crippen LogP contribution in [0, 0.1) is 0 Å². The molecule has 1 heterocycles. The molecule has 0 spiro atoms. The van der Waals surface area contributed by atoms with Crippen molar-refractivity contribution in [2.24, 2.45) is 0 Å². The number of benzene rings is 1. The molecule has 2 rings (SSSR count). The minimum Gasteiger partial charge on any atom is -0.490 e. The van der Waals surface area contributed by atoms with Gasteiger partial charge in [-0.2, -0.15) is 0 Å². The van der Waals surface area contributed by atoms with Crippen LogP contribution in [0.15, 0.2) is 22.7 Å². The van der Waals surface area contributed by atoms with Crippen LogP contribution >= 0.6 is 15.9 Å². The van der Waals surface area contributed by atoms with Crippen molar-refractivity contribution in [3.8, 4) is 5.75 Å². The predicted octanol–water partition coefficient (Wildman–Crippen LogP) is 4.29. The van der Waals surface area contributed by atoms with E-state index in [9.17, 15) is 4.79 Å². The summed E-state index contributed by atoms with van der Waals surface area (Å²) in [7, 11) is 4.09. The van der Waals surface area contributed by atoms with Crippen molar-refractivity contribution in [3.63, 3.8) is 0 Å². The first kappa shape index (κ1) is 20.0. The number of nitrogens with zero attached hydrogens (tertiary/aromatic N) is 2. The molecule has 0 aliphatic carbocycles. The maximum atomic E-state index is 12.1. The lowest BCUT2D eigenvalue weighted by Gasteiger charge is -2.34. The second-order valence-electron chi connectivity index (χ2n) is 7.77. The van der Waals surface area contributed by atoms with Crippen LogP contribution in [0.4, 0.5) is 4.79 Å². The highest BCUT2D eigenvalue weighted by Gasteiger charge is 2.28. The van der Waals surface area contributed by atoms with E-state index < -0.39 is 5.60 Å². The number of amides is 1. The maximum Gasteiger partial charge on any atom is 0.410 e. The molecule has 0 aromatic heterocycles. The molecular formula is C19H29BrN2O3. The molecule has 0 N–H and O–H groups in total. The number of hydrogen-bond acceptors (Lipinski definition) is 4. The van der Waals surface area contributed by atoms with Gasteiger partial charge in [-0.25, -0.2) is 4.79 Å². The first-order valence-electron chi connectivity index (χ1n) is 8.72. The zero-order valence-electron chi connectivity index (χ0n) is 15.8. The topological polar surface area (TPSA) is 42.0 Å². The van der Waals surface area contributed by atoms with Crippen LogP contribution in [0.1, 0.15) is 39.2 Å². The summed E-state index contributed by atoms with van der Waals surface area (Å²) in [6.45, 7) is 7.82. The van der Waals surface area contributed by atoms with E-state index in [1.165, 1.54) is 0 Å². The molecule has 1 amide bonds. The number of hydrogen-bond donors (Lipinski definition) is 0. The van der Waals surface area contributed by atoms with Crippen LogP contribution in [-0.4, -0.2) is 54.8 Å². The van der Waals surface area contributed by atoms with Crippen LogP contribution in [0.25, 0.3) is 0 Å². The molecule has 1 saturated heterocycles. The third-order valence-electron chi connectivity index (χ3n) is 3.90. The summed E-state index contributed by atoms with van der Waals surface area (Å²) >= 11 is 3.53. The van der Waals surface area contributed by atoms with Crippen molar-refractivity contribution in [1.82, 2.24) is 9.80 Å². The molecule has 1 aliphatic heterocycles. The Labute approximate surface area is 159 Å². The van der Waals surface area contributed by atoms with Crippen LogP contribution in [0.5, 0.6) is 5.75 Å². The fraction of sp³-hybridized carbons (Fsp3) is 0.632. The van der Waals surface area contributed by atoms with Crippen molar-refractivity contribution in [3.05, 3.63) is 28.2 Å². The van der Waals surface area contributed by atoms with E-state index in [-0.39, 0.29) is 12.2 Å². The Morgan fingerprint density at radius 1 is 1.28 bits per heavy atom. The Balaban J connectivity index is 1.93. The zero-order valence-corrected chi connectivity index (χ0v) is 17.4. The number of piperidine rings is 1. The summed E-state index contributed by atoms with van der Waals surface area (Å²) in [5.41, 5.74) is 0.706. The van der Waals surface area contributed by atoms with E-state index in [0.29, 0.717) is 13.1 Å². The van der Waals surface area contributed by atoms with Crippen LogP contribution < -0.4 is 4.74 Å². The summed E-state index contributed by atoms with van der Waals surface area (Å²) in [6, 6.07) is 6.12. The molecule has 6 heteroatoms. The smallest absolute Gasteiger partial charge is 0.410 e. The van der Waals surface area contributed by atoms with E-state index in [0.717, 1.165) is 35.2 Å². The van der Waals surface area contributed by atoms with Gasteiger partial charge in [0, 0.05) is 42.5 Å². The zero-order chi connectivity index (χ0) is 18.6. The van der Waals surface area contributed by atoms with Gasteiger partial charge in [0.25, 0.3) is 0 Å². The molecule has 1 aromatic rings. The molecular weight excluding hydrogens is 384 g/mol. The van der Waals surface area contributed by atoms with E-state index in [4.69, 9.17) is 9.47 Å². The lowest BCUT2D eigenvalue weighted by Crippen LogP contribution is -2.44. The highest BCUT2D eigenvalue weighted by molar-refractivity contribution is 9.10. The highest BCUT2D eigenvalue weighted by Crippen LogP contribution is 2.27. The van der Waals surface area contributed by atoms with Gasteiger partial charge in [-0.1, -0.05) is 15.9 Å². The largest absolute Gasteiger partial charge is 0.490 e. The average Bonchev–Trinajstić information content (AvgIpc) is 2.48. The van der Waals surface area contributed by atoms with Crippen molar-refractivity contribution in [2.75, 3.05) is 27.2 Å². The normalized spacial score (nSPS) is 16.2. The Morgan fingerprint density at radius 3 is 2.48 bits per heavy atom. The van der Waals surface area contributed by atoms with Crippen molar-refractivity contribution >= 4 is 22.0 Å². The number of ether oxygens (including phenoxy) is 2. The van der Waals surface area contributed by atoms with Gasteiger partial charge in [-0.3, -0.25) is 0 Å². The Hall–Kier alpha value is -1.27. The van der Waals surface area contributed by atoms with E-state index in [1.54, 1.807) is 4.90 Å². The van der Waals surface area contributed by atoms with Gasteiger partial charge in [0.15, 0.2) is 0 Å². The summed E-state index contributed by atoms with van der Waals surface area (Å²) < 4.78 is 12.7. The number of rotatable bonds is 4. The van der Waals surface area contributed by atoms with Gasteiger partial charge in [0.2, 0.25) is 0 Å². The third-order valence-corrected chi connectivity index (χ3v) is 4.39. The number of likely N-dealkylation sites (tertiary alicyclic amines) is 1. The van der Waals surface area contributed by atoms with Gasteiger partial charge in [0.05, 0.1) is 0 Å². The lowest BCUT2D eigenvalue weighted by molar-refractivity contribution is 0.0125. The maximum absolute atomic E-state index is 12.1. The van der Waals surface area contributed by atoms with Crippen LogP contribution in [0.3, 0.4) is 0 Å². The minimum absolute atomic E-state index is 0.126. The van der Waals surface area contributed by atoms with E-state index >= 15 is 0 Å². The number of halogens is 1. The van der Waals surface area contributed by atoms with E-state index in [2.05, 4.69) is 26.9 Å². The second kappa shape index (κ2) is 8.41. The molecule has 140 valence electrons. The molecule has 25 heavy (non-hydrogen) atoms. The summed E-state index contributed by atoms with van der Waals surface area (Å²) in [4.78, 5) is 16.0. The standard InChI is InChI=1S/C19H29BrN2O3/c1-19(2,3)25-18(23)22-10-8-16(9-11-22)24-17-7-6-15(20)12-14(17)13-21(4)5/h6-7,12,16H,8-11,13H2,1-5H3. The minimum atomic E-state index is -0.455. The SMILES string of the molecule is CN(C)Cc1cc(Br)ccc1OC1CCN(C(=O)OC(C)(C)C)CC1. The third kappa shape index (κ3) is 6.51. The Bertz CT molecular complexity index is 591. The number of carbonyl (C=O) groups is 1. The predicted molar refractivity (Wildman–Crippen MR) is 103 cm³/mol. The van der Waals surface area contributed by atoms with Gasteiger partial charge in [0.1, 0.15) is 17.5 Å². The van der Waals surface area contributed by atoms with Gasteiger partial charge in [-0.05, 0) is 53.1 Å². The van der Waals surface area contributed by atoms with Gasteiger partial charge < -0.3 is 19.3 Å². The molecule has 0 unspecified atom stereocenters. The summed E-state index contributed by atoms with van der Waals surface area (Å²) in [5, 5.41) is 0. The lowest BCUT2D eigenvalue weighted by atomic mass is 10.1. The van der Waals surface area contributed by atoms with Gasteiger partial charge >= 0.3 is 6.09 Å². The Morgan fingerprint density at radius 2 is 1.92 bits per heavy atom. The first-order valence-corrected chi connectivity index (χ1v) is 9.51. The van der Waals surface area contributed by atoms with Crippen molar-refractivity contribution < 1.29 is 14.3 Å². The Kier molecular flexibility index (Phi) is 6.74. The summed E-state index contributed by atoms with van der Waals surface area (Å²) in [6.07, 6.45) is 1.52. The molecule has 0 atom stereocenters. The molecule has 5 nitrogen and oxygen atoms in total. The fourth-order valence-corrected chi connectivity index (χ4v) is 3.20. The van der Waals surface area contributed by atoms with Crippen molar-refractivity contribution in [1.29, 1.82) is 0 Å². The number of carbonyl (C=O) groups excluding carboxylic acids is 1.